The Morgan fingerprint density at radius 2 is 2.36 bits per heavy atom. The van der Waals surface area contributed by atoms with Gasteiger partial charge in [-0.25, -0.2) is 0 Å². The summed E-state index contributed by atoms with van der Waals surface area (Å²) >= 11 is 9.01. The van der Waals surface area contributed by atoms with E-state index in [4.69, 9.17) is 17.3 Å². The Hall–Kier alpha value is -0.420. The van der Waals surface area contributed by atoms with Crippen LogP contribution in [0, 0.1) is 0 Å². The monoisotopic (exact) mass is 244 g/mol. The highest BCUT2D eigenvalue weighted by atomic mass is 35.5. The quantitative estimate of drug-likeness (QED) is 0.901. The number of thiazole rings is 1. The highest BCUT2D eigenvalue weighted by Crippen LogP contribution is 2.26. The van der Waals surface area contributed by atoms with Crippen molar-refractivity contribution in [3.05, 3.63) is 37.9 Å². The highest BCUT2D eigenvalue weighted by molar-refractivity contribution is 7.16. The molecular weight excluding hydrogens is 236 g/mol. The van der Waals surface area contributed by atoms with Crippen LogP contribution in [0.2, 0.25) is 4.34 Å². The van der Waals surface area contributed by atoms with Gasteiger partial charge in [-0.05, 0) is 12.1 Å². The number of hydrogen-bond donors (Lipinski definition) is 1. The summed E-state index contributed by atoms with van der Waals surface area (Å²) in [5, 5.41) is 0. The van der Waals surface area contributed by atoms with E-state index in [0.717, 1.165) is 15.6 Å². The Kier molecular flexibility index (Phi) is 3.18. The number of halogens is 1. The number of nitrogens with two attached hydrogens (primary N) is 1. The van der Waals surface area contributed by atoms with Crippen molar-refractivity contribution in [1.82, 2.24) is 4.98 Å². The fourth-order valence-corrected chi connectivity index (χ4v) is 2.96. The Bertz CT molecular complexity index is 397. The van der Waals surface area contributed by atoms with Crippen LogP contribution >= 0.6 is 34.3 Å². The van der Waals surface area contributed by atoms with Crippen molar-refractivity contribution in [2.75, 3.05) is 0 Å². The molecule has 2 N–H and O–H groups in total. The third kappa shape index (κ3) is 2.33. The molecule has 0 radical (unpaired) electrons. The molecule has 0 aromatic carbocycles. The zero-order chi connectivity index (χ0) is 9.97. The molecule has 2 heterocycles. The lowest BCUT2D eigenvalue weighted by Gasteiger charge is -2.06. The van der Waals surface area contributed by atoms with Gasteiger partial charge in [0.1, 0.15) is 0 Å². The van der Waals surface area contributed by atoms with Gasteiger partial charge < -0.3 is 5.73 Å². The van der Waals surface area contributed by atoms with Crippen LogP contribution in [0.4, 0.5) is 0 Å². The minimum Gasteiger partial charge on any atom is -0.323 e. The molecule has 1 atom stereocenters. The lowest BCUT2D eigenvalue weighted by Crippen LogP contribution is -2.10. The maximum Gasteiger partial charge on any atom is 0.0931 e. The molecule has 0 spiro atoms. The van der Waals surface area contributed by atoms with E-state index in [0.29, 0.717) is 0 Å². The summed E-state index contributed by atoms with van der Waals surface area (Å²) in [6, 6.07) is 3.96. The summed E-state index contributed by atoms with van der Waals surface area (Å²) in [5.41, 5.74) is 7.82. The predicted octanol–water partition coefficient (Wildman–Crippen LogP) is 3.10. The topological polar surface area (TPSA) is 38.9 Å². The van der Waals surface area contributed by atoms with Crippen LogP contribution in [0.25, 0.3) is 0 Å². The number of hydrogen-bond acceptors (Lipinski definition) is 4. The molecule has 0 amide bonds. The molecular formula is C9H9ClN2S2. The Labute approximate surface area is 95.4 Å². The predicted molar refractivity (Wildman–Crippen MR) is 62.1 cm³/mol. The van der Waals surface area contributed by atoms with Crippen LogP contribution in [0.3, 0.4) is 0 Å². The molecule has 1 unspecified atom stereocenters. The third-order valence-corrected chi connectivity index (χ3v) is 4.03. The Morgan fingerprint density at radius 1 is 1.50 bits per heavy atom. The third-order valence-electron chi connectivity index (χ3n) is 1.87. The Balaban J connectivity index is 2.05. The van der Waals surface area contributed by atoms with Crippen molar-refractivity contribution in [3.8, 4) is 0 Å². The number of rotatable bonds is 3. The van der Waals surface area contributed by atoms with E-state index < -0.39 is 0 Å². The SMILES string of the molecule is NC(Cc1ccc(Cl)s1)c1cncs1. The molecule has 2 aromatic rings. The molecule has 0 saturated carbocycles. The molecule has 0 bridgehead atoms. The standard InChI is InChI=1S/C9H9ClN2S2/c10-9-2-1-6(14-9)3-7(11)8-4-12-5-13-8/h1-2,4-5,7H,3,11H2. The molecule has 74 valence electrons. The molecule has 0 aliphatic heterocycles. The lowest BCUT2D eigenvalue weighted by atomic mass is 10.2. The van der Waals surface area contributed by atoms with Crippen molar-refractivity contribution in [3.63, 3.8) is 0 Å². The summed E-state index contributed by atoms with van der Waals surface area (Å²) in [5.74, 6) is 0. The summed E-state index contributed by atoms with van der Waals surface area (Å²) in [6.45, 7) is 0. The van der Waals surface area contributed by atoms with E-state index >= 15 is 0 Å². The molecule has 0 aliphatic carbocycles. The second kappa shape index (κ2) is 4.40. The first-order valence-electron chi connectivity index (χ1n) is 4.14. The van der Waals surface area contributed by atoms with Gasteiger partial charge >= 0.3 is 0 Å². The van der Waals surface area contributed by atoms with Crippen molar-refractivity contribution >= 4 is 34.3 Å². The van der Waals surface area contributed by atoms with E-state index in [-0.39, 0.29) is 6.04 Å². The Morgan fingerprint density at radius 3 is 2.93 bits per heavy atom. The maximum atomic E-state index is 6.01. The second-order valence-electron chi connectivity index (χ2n) is 2.92. The molecule has 2 nitrogen and oxygen atoms in total. The van der Waals surface area contributed by atoms with Crippen molar-refractivity contribution in [2.45, 2.75) is 12.5 Å². The van der Waals surface area contributed by atoms with Crippen molar-refractivity contribution < 1.29 is 0 Å². The first kappa shape index (κ1) is 10.1. The van der Waals surface area contributed by atoms with Crippen molar-refractivity contribution in [1.29, 1.82) is 0 Å². The highest BCUT2D eigenvalue weighted by Gasteiger charge is 2.09. The van der Waals surface area contributed by atoms with Gasteiger partial charge in [-0.3, -0.25) is 4.98 Å². The van der Waals surface area contributed by atoms with Gasteiger partial charge in [-0.1, -0.05) is 11.6 Å². The van der Waals surface area contributed by atoms with Crippen LogP contribution in [-0.2, 0) is 6.42 Å². The smallest absolute Gasteiger partial charge is 0.0931 e. The largest absolute Gasteiger partial charge is 0.323 e. The summed E-state index contributed by atoms with van der Waals surface area (Å²) in [7, 11) is 0. The minimum absolute atomic E-state index is 0.0391. The fraction of sp³-hybridized carbons (Fsp3) is 0.222. The zero-order valence-corrected chi connectivity index (χ0v) is 9.70. The van der Waals surface area contributed by atoms with Gasteiger partial charge in [0.15, 0.2) is 0 Å². The minimum atomic E-state index is 0.0391. The first-order chi connectivity index (χ1) is 6.75. The van der Waals surface area contributed by atoms with Crippen LogP contribution < -0.4 is 5.73 Å². The molecule has 0 aliphatic rings. The number of thiophene rings is 1. The molecule has 0 saturated heterocycles. The second-order valence-corrected chi connectivity index (χ2v) is 5.64. The summed E-state index contributed by atoms with van der Waals surface area (Å²) in [4.78, 5) is 6.34. The van der Waals surface area contributed by atoms with Crippen LogP contribution in [0.1, 0.15) is 15.8 Å². The maximum absolute atomic E-state index is 6.01. The van der Waals surface area contributed by atoms with Crippen LogP contribution in [-0.4, -0.2) is 4.98 Å². The average Bonchev–Trinajstić information content (AvgIpc) is 2.75. The van der Waals surface area contributed by atoms with Crippen molar-refractivity contribution in [2.24, 2.45) is 5.73 Å². The van der Waals surface area contributed by atoms with Gasteiger partial charge in [0.25, 0.3) is 0 Å². The van der Waals surface area contributed by atoms with E-state index in [1.165, 1.54) is 4.88 Å². The molecule has 14 heavy (non-hydrogen) atoms. The van der Waals surface area contributed by atoms with Crippen LogP contribution in [0.5, 0.6) is 0 Å². The van der Waals surface area contributed by atoms with Gasteiger partial charge in [0.2, 0.25) is 0 Å². The zero-order valence-electron chi connectivity index (χ0n) is 7.31. The van der Waals surface area contributed by atoms with Gasteiger partial charge in [0, 0.05) is 28.4 Å². The van der Waals surface area contributed by atoms with Gasteiger partial charge in [-0.15, -0.1) is 22.7 Å². The molecule has 2 aromatic heterocycles. The first-order valence-corrected chi connectivity index (χ1v) is 6.21. The van der Waals surface area contributed by atoms with E-state index in [9.17, 15) is 0 Å². The van der Waals surface area contributed by atoms with E-state index in [1.807, 2.05) is 18.3 Å². The summed E-state index contributed by atoms with van der Waals surface area (Å²) < 4.78 is 0.816. The molecule has 5 heteroatoms. The summed E-state index contributed by atoms with van der Waals surface area (Å²) in [6.07, 6.45) is 2.66. The van der Waals surface area contributed by atoms with E-state index in [1.54, 1.807) is 28.2 Å². The van der Waals surface area contributed by atoms with Gasteiger partial charge in [0.05, 0.1) is 9.85 Å². The lowest BCUT2D eigenvalue weighted by molar-refractivity contribution is 0.743. The fourth-order valence-electron chi connectivity index (χ4n) is 1.19. The van der Waals surface area contributed by atoms with Crippen LogP contribution in [0.15, 0.2) is 23.8 Å². The van der Waals surface area contributed by atoms with E-state index in [2.05, 4.69) is 4.98 Å². The number of aromatic nitrogens is 1. The normalized spacial score (nSPS) is 13.0. The molecule has 0 fully saturated rings. The van der Waals surface area contributed by atoms with Gasteiger partial charge in [-0.2, -0.15) is 0 Å². The molecule has 2 rings (SSSR count). The average molecular weight is 245 g/mol. The number of nitrogens with zero attached hydrogens (tertiary/aromatic N) is 1.